The molecule has 1 amide bonds. The monoisotopic (exact) mass is 304 g/mol. The number of amides is 1. The predicted octanol–water partition coefficient (Wildman–Crippen LogP) is 2.52. The van der Waals surface area contributed by atoms with Gasteiger partial charge in [-0.1, -0.05) is 0 Å². The number of thioether (sulfide) groups is 1. The van der Waals surface area contributed by atoms with Crippen molar-refractivity contribution in [2.75, 3.05) is 11.1 Å². The fraction of sp³-hybridized carbons (Fsp3) is 0.100. The van der Waals surface area contributed by atoms with E-state index in [1.807, 2.05) is 0 Å². The van der Waals surface area contributed by atoms with Crippen LogP contribution in [0.1, 0.15) is 10.5 Å². The summed E-state index contributed by atoms with van der Waals surface area (Å²) in [5.74, 6) is -0.841. The van der Waals surface area contributed by atoms with E-state index in [4.69, 9.17) is 5.73 Å². The number of anilines is 2. The third-order valence-electron chi connectivity index (χ3n) is 2.07. The second-order valence-corrected chi connectivity index (χ2v) is 4.66. The summed E-state index contributed by atoms with van der Waals surface area (Å²) < 4.78 is 40.7. The molecule has 0 fully saturated rings. The van der Waals surface area contributed by atoms with E-state index < -0.39 is 11.4 Å². The minimum absolute atomic E-state index is 0.0121. The largest absolute Gasteiger partial charge is 0.446 e. The summed E-state index contributed by atoms with van der Waals surface area (Å²) in [4.78, 5) is 11.7. The van der Waals surface area contributed by atoms with Crippen LogP contribution in [0.2, 0.25) is 0 Å². The zero-order valence-corrected chi connectivity index (χ0v) is 10.5. The van der Waals surface area contributed by atoms with Crippen LogP contribution in [0.3, 0.4) is 0 Å². The first-order valence-corrected chi connectivity index (χ1v) is 5.92. The van der Waals surface area contributed by atoms with Gasteiger partial charge in [-0.3, -0.25) is 4.79 Å². The molecule has 0 saturated carbocycles. The maximum absolute atomic E-state index is 12.1. The molecule has 10 heteroatoms. The van der Waals surface area contributed by atoms with E-state index in [1.54, 1.807) is 0 Å². The number of nitrogen functional groups attached to an aromatic ring is 1. The fourth-order valence-corrected chi connectivity index (χ4v) is 1.82. The molecule has 1 aromatic carbocycles. The number of nitrogens with one attached hydrogen (secondary N) is 1. The summed E-state index contributed by atoms with van der Waals surface area (Å²) in [6.45, 7) is 0. The highest BCUT2D eigenvalue weighted by Gasteiger charge is 2.29. The van der Waals surface area contributed by atoms with Crippen molar-refractivity contribution < 1.29 is 22.6 Å². The highest BCUT2D eigenvalue weighted by molar-refractivity contribution is 8.00. The van der Waals surface area contributed by atoms with Crippen LogP contribution < -0.4 is 11.1 Å². The molecule has 3 N–H and O–H groups in total. The van der Waals surface area contributed by atoms with Gasteiger partial charge in [-0.05, 0) is 46.3 Å². The van der Waals surface area contributed by atoms with Crippen LogP contribution in [0.25, 0.3) is 0 Å². The van der Waals surface area contributed by atoms with Gasteiger partial charge in [-0.15, -0.1) is 0 Å². The van der Waals surface area contributed by atoms with Crippen LogP contribution in [0.4, 0.5) is 24.7 Å². The topological polar surface area (TPSA) is 94.0 Å². The zero-order valence-electron chi connectivity index (χ0n) is 9.64. The molecule has 0 atom stereocenters. The van der Waals surface area contributed by atoms with E-state index in [0.29, 0.717) is 5.69 Å². The summed E-state index contributed by atoms with van der Waals surface area (Å²) in [5.41, 5.74) is 1.08. The Morgan fingerprint density at radius 2 is 1.90 bits per heavy atom. The first-order valence-electron chi connectivity index (χ1n) is 5.10. The van der Waals surface area contributed by atoms with E-state index in [0.717, 1.165) is 0 Å². The smallest absolute Gasteiger partial charge is 0.379 e. The molecule has 6 nitrogen and oxygen atoms in total. The number of alkyl halides is 3. The number of aromatic nitrogens is 2. The summed E-state index contributed by atoms with van der Waals surface area (Å²) in [6.07, 6.45) is 0. The SMILES string of the molecule is Nc1nonc1C(=O)Nc1ccc(SC(F)(F)F)cc1. The quantitative estimate of drug-likeness (QED) is 0.846. The molecule has 1 aromatic heterocycles. The number of hydrogen-bond donors (Lipinski definition) is 2. The Hall–Kier alpha value is -2.23. The van der Waals surface area contributed by atoms with Crippen molar-refractivity contribution in [3.05, 3.63) is 30.0 Å². The van der Waals surface area contributed by atoms with Gasteiger partial charge >= 0.3 is 5.51 Å². The average molecular weight is 304 g/mol. The molecule has 0 saturated heterocycles. The predicted molar refractivity (Wildman–Crippen MR) is 65.0 cm³/mol. The lowest BCUT2D eigenvalue weighted by Crippen LogP contribution is -2.14. The number of carbonyl (C=O) groups is 1. The van der Waals surface area contributed by atoms with Crippen LogP contribution >= 0.6 is 11.8 Å². The minimum Gasteiger partial charge on any atom is -0.379 e. The molecule has 0 bridgehead atoms. The third-order valence-corrected chi connectivity index (χ3v) is 2.81. The van der Waals surface area contributed by atoms with Crippen molar-refractivity contribution in [2.45, 2.75) is 10.4 Å². The molecule has 0 aliphatic carbocycles. The number of hydrogen-bond acceptors (Lipinski definition) is 6. The van der Waals surface area contributed by atoms with Crippen LogP contribution in [-0.4, -0.2) is 21.7 Å². The van der Waals surface area contributed by atoms with Crippen LogP contribution in [0.15, 0.2) is 33.8 Å². The summed E-state index contributed by atoms with van der Waals surface area (Å²) in [5, 5.41) is 8.94. The van der Waals surface area contributed by atoms with E-state index >= 15 is 0 Å². The van der Waals surface area contributed by atoms with Gasteiger partial charge in [0.05, 0.1) is 0 Å². The van der Waals surface area contributed by atoms with Gasteiger partial charge in [0.2, 0.25) is 11.5 Å². The van der Waals surface area contributed by atoms with E-state index in [9.17, 15) is 18.0 Å². The second-order valence-electron chi connectivity index (χ2n) is 3.52. The number of rotatable bonds is 3. The van der Waals surface area contributed by atoms with Gasteiger partial charge in [-0.2, -0.15) is 13.2 Å². The van der Waals surface area contributed by atoms with Gasteiger partial charge in [0.15, 0.2) is 0 Å². The van der Waals surface area contributed by atoms with Crippen molar-refractivity contribution in [1.82, 2.24) is 10.3 Å². The standard InChI is InChI=1S/C10H7F3N4O2S/c11-10(12,13)20-6-3-1-5(2-4-6)15-9(18)7-8(14)17-19-16-7/h1-4H,(H2,14,17)(H,15,18). The molecule has 2 aromatic rings. The van der Waals surface area contributed by atoms with Crippen molar-refractivity contribution in [1.29, 1.82) is 0 Å². The first kappa shape index (κ1) is 14.2. The number of benzene rings is 1. The van der Waals surface area contributed by atoms with Gasteiger partial charge < -0.3 is 11.1 Å². The zero-order chi connectivity index (χ0) is 14.8. The van der Waals surface area contributed by atoms with Gasteiger partial charge in [0, 0.05) is 10.6 Å². The van der Waals surface area contributed by atoms with E-state index in [2.05, 4.69) is 20.3 Å². The third kappa shape index (κ3) is 3.63. The molecule has 1 heterocycles. The summed E-state index contributed by atoms with van der Waals surface area (Å²) in [6, 6.07) is 5.13. The lowest BCUT2D eigenvalue weighted by atomic mass is 10.3. The number of nitrogens with two attached hydrogens (primary N) is 1. The van der Waals surface area contributed by atoms with E-state index in [1.165, 1.54) is 24.3 Å². The normalized spacial score (nSPS) is 11.3. The molecule has 0 aliphatic heterocycles. The Balaban J connectivity index is 2.04. The van der Waals surface area contributed by atoms with Crippen LogP contribution in [0.5, 0.6) is 0 Å². The molecule has 0 unspecified atom stereocenters. The average Bonchev–Trinajstić information content (AvgIpc) is 2.76. The number of halogens is 3. The van der Waals surface area contributed by atoms with Crippen LogP contribution in [0, 0.1) is 0 Å². The Kier molecular flexibility index (Phi) is 3.84. The summed E-state index contributed by atoms with van der Waals surface area (Å²) in [7, 11) is 0. The van der Waals surface area contributed by atoms with Gasteiger partial charge in [-0.25, -0.2) is 4.63 Å². The molecular weight excluding hydrogens is 297 g/mol. The molecule has 0 radical (unpaired) electrons. The molecular formula is C10H7F3N4O2S. The van der Waals surface area contributed by atoms with Crippen molar-refractivity contribution >= 4 is 29.2 Å². The Bertz CT molecular complexity index is 612. The molecule has 0 aliphatic rings. The van der Waals surface area contributed by atoms with Crippen molar-refractivity contribution in [2.24, 2.45) is 0 Å². The molecule has 20 heavy (non-hydrogen) atoms. The number of carbonyl (C=O) groups excluding carboxylic acids is 1. The first-order chi connectivity index (χ1) is 9.35. The highest BCUT2D eigenvalue weighted by Crippen LogP contribution is 2.37. The van der Waals surface area contributed by atoms with Crippen molar-refractivity contribution in [3.8, 4) is 0 Å². The van der Waals surface area contributed by atoms with Crippen LogP contribution in [-0.2, 0) is 0 Å². The van der Waals surface area contributed by atoms with Crippen molar-refractivity contribution in [3.63, 3.8) is 0 Å². The Morgan fingerprint density at radius 1 is 1.25 bits per heavy atom. The summed E-state index contributed by atoms with van der Waals surface area (Å²) >= 11 is -0.242. The molecule has 2 rings (SSSR count). The minimum atomic E-state index is -4.36. The maximum atomic E-state index is 12.1. The molecule has 0 spiro atoms. The Labute approximate surface area is 114 Å². The highest BCUT2D eigenvalue weighted by atomic mass is 32.2. The lowest BCUT2D eigenvalue weighted by Gasteiger charge is -2.07. The van der Waals surface area contributed by atoms with Gasteiger partial charge in [0.25, 0.3) is 5.91 Å². The Morgan fingerprint density at radius 3 is 2.40 bits per heavy atom. The van der Waals surface area contributed by atoms with Gasteiger partial charge in [0.1, 0.15) is 0 Å². The molecule has 106 valence electrons. The van der Waals surface area contributed by atoms with E-state index in [-0.39, 0.29) is 28.2 Å². The maximum Gasteiger partial charge on any atom is 0.446 e. The number of nitrogens with zero attached hydrogens (tertiary/aromatic N) is 2. The second kappa shape index (κ2) is 5.41. The fourth-order valence-electron chi connectivity index (χ4n) is 1.28. The lowest BCUT2D eigenvalue weighted by molar-refractivity contribution is -0.0328.